The SMILES string of the molecule is CC=CCc1csc(NC(=O)N(C)C)c1. The molecule has 0 saturated heterocycles. The zero-order chi connectivity index (χ0) is 11.3. The number of thiophene rings is 1. The molecule has 0 aliphatic rings. The lowest BCUT2D eigenvalue weighted by molar-refractivity contribution is 0.231. The Balaban J connectivity index is 2.56. The van der Waals surface area contributed by atoms with E-state index in [2.05, 4.69) is 16.8 Å². The molecule has 2 amide bonds. The predicted molar refractivity (Wildman–Crippen MR) is 65.5 cm³/mol. The quantitative estimate of drug-likeness (QED) is 0.787. The van der Waals surface area contributed by atoms with Crippen LogP contribution < -0.4 is 5.32 Å². The Kier molecular flexibility index (Phi) is 4.37. The smallest absolute Gasteiger partial charge is 0.321 e. The van der Waals surface area contributed by atoms with Gasteiger partial charge in [0.05, 0.1) is 5.00 Å². The average Bonchev–Trinajstić information content (AvgIpc) is 2.62. The van der Waals surface area contributed by atoms with E-state index in [1.54, 1.807) is 25.4 Å². The lowest BCUT2D eigenvalue weighted by Gasteiger charge is -2.09. The summed E-state index contributed by atoms with van der Waals surface area (Å²) in [5.74, 6) is 0. The highest BCUT2D eigenvalue weighted by Crippen LogP contribution is 2.21. The average molecular weight is 224 g/mol. The van der Waals surface area contributed by atoms with Gasteiger partial charge in [0.25, 0.3) is 0 Å². The molecule has 0 aromatic carbocycles. The monoisotopic (exact) mass is 224 g/mol. The Morgan fingerprint density at radius 1 is 1.60 bits per heavy atom. The zero-order valence-corrected chi connectivity index (χ0v) is 10.1. The first-order valence-electron chi connectivity index (χ1n) is 4.80. The molecule has 3 nitrogen and oxygen atoms in total. The Bertz CT molecular complexity index is 355. The van der Waals surface area contributed by atoms with E-state index >= 15 is 0 Å². The van der Waals surface area contributed by atoms with Crippen LogP contribution in [0.5, 0.6) is 0 Å². The lowest BCUT2D eigenvalue weighted by Crippen LogP contribution is -2.26. The summed E-state index contributed by atoms with van der Waals surface area (Å²) in [7, 11) is 3.45. The maximum Gasteiger partial charge on any atom is 0.321 e. The van der Waals surface area contributed by atoms with Gasteiger partial charge in [-0.1, -0.05) is 12.2 Å². The fourth-order valence-electron chi connectivity index (χ4n) is 1.02. The van der Waals surface area contributed by atoms with Crippen LogP contribution >= 0.6 is 11.3 Å². The molecule has 1 heterocycles. The van der Waals surface area contributed by atoms with Gasteiger partial charge in [0.1, 0.15) is 0 Å². The van der Waals surface area contributed by atoms with Gasteiger partial charge >= 0.3 is 6.03 Å². The molecule has 1 N–H and O–H groups in total. The van der Waals surface area contributed by atoms with Gasteiger partial charge in [0.15, 0.2) is 0 Å². The first-order chi connectivity index (χ1) is 7.13. The molecule has 0 radical (unpaired) electrons. The van der Waals surface area contributed by atoms with Crippen molar-refractivity contribution in [1.82, 2.24) is 4.90 Å². The van der Waals surface area contributed by atoms with Gasteiger partial charge in [-0.2, -0.15) is 0 Å². The maximum atomic E-state index is 11.3. The number of anilines is 1. The summed E-state index contributed by atoms with van der Waals surface area (Å²) in [5.41, 5.74) is 1.23. The first-order valence-corrected chi connectivity index (χ1v) is 5.68. The fraction of sp³-hybridized carbons (Fsp3) is 0.364. The van der Waals surface area contributed by atoms with Crippen LogP contribution in [0.1, 0.15) is 12.5 Å². The van der Waals surface area contributed by atoms with Crippen LogP contribution in [0.4, 0.5) is 9.80 Å². The molecule has 0 bridgehead atoms. The number of carbonyl (C=O) groups is 1. The zero-order valence-electron chi connectivity index (χ0n) is 9.28. The van der Waals surface area contributed by atoms with Gasteiger partial charge in [-0.3, -0.25) is 5.32 Å². The molecule has 0 aliphatic carbocycles. The highest BCUT2D eigenvalue weighted by atomic mass is 32.1. The van der Waals surface area contributed by atoms with Gasteiger partial charge < -0.3 is 4.90 Å². The third-order valence-corrected chi connectivity index (χ3v) is 2.77. The summed E-state index contributed by atoms with van der Waals surface area (Å²) in [6.07, 6.45) is 5.04. The topological polar surface area (TPSA) is 32.3 Å². The molecule has 0 fully saturated rings. The van der Waals surface area contributed by atoms with Crippen molar-refractivity contribution in [2.24, 2.45) is 0 Å². The van der Waals surface area contributed by atoms with Crippen molar-refractivity contribution in [2.45, 2.75) is 13.3 Å². The standard InChI is InChI=1S/C11H16N2OS/c1-4-5-6-9-7-10(15-8-9)12-11(14)13(2)3/h4-5,7-8H,6H2,1-3H3,(H,12,14). The van der Waals surface area contributed by atoms with E-state index < -0.39 is 0 Å². The number of urea groups is 1. The van der Waals surface area contributed by atoms with E-state index in [0.717, 1.165) is 11.4 Å². The van der Waals surface area contributed by atoms with Crippen molar-refractivity contribution in [3.63, 3.8) is 0 Å². The van der Waals surface area contributed by atoms with Crippen LogP contribution in [0.3, 0.4) is 0 Å². The summed E-state index contributed by atoms with van der Waals surface area (Å²) >= 11 is 1.55. The lowest BCUT2D eigenvalue weighted by atomic mass is 10.2. The maximum absolute atomic E-state index is 11.3. The molecule has 82 valence electrons. The summed E-state index contributed by atoms with van der Waals surface area (Å²) in [5, 5.41) is 5.78. The summed E-state index contributed by atoms with van der Waals surface area (Å²) in [4.78, 5) is 12.9. The van der Waals surface area contributed by atoms with E-state index in [0.29, 0.717) is 0 Å². The number of nitrogens with zero attached hydrogens (tertiary/aromatic N) is 1. The summed E-state index contributed by atoms with van der Waals surface area (Å²) < 4.78 is 0. The minimum atomic E-state index is -0.0885. The number of rotatable bonds is 3. The summed E-state index contributed by atoms with van der Waals surface area (Å²) in [6.45, 7) is 2.00. The Morgan fingerprint density at radius 2 is 2.33 bits per heavy atom. The highest BCUT2D eigenvalue weighted by molar-refractivity contribution is 7.14. The Labute approximate surface area is 94.4 Å². The van der Waals surface area contributed by atoms with Gasteiger partial charge in [-0.15, -0.1) is 11.3 Å². The molecule has 0 spiro atoms. The van der Waals surface area contributed by atoms with Gasteiger partial charge in [-0.05, 0) is 30.4 Å². The van der Waals surface area contributed by atoms with E-state index in [1.807, 2.05) is 19.1 Å². The van der Waals surface area contributed by atoms with Gasteiger partial charge in [0, 0.05) is 14.1 Å². The van der Waals surface area contributed by atoms with E-state index in [-0.39, 0.29) is 6.03 Å². The van der Waals surface area contributed by atoms with Crippen molar-refractivity contribution in [2.75, 3.05) is 19.4 Å². The second-order valence-electron chi connectivity index (χ2n) is 3.42. The Morgan fingerprint density at radius 3 is 2.93 bits per heavy atom. The van der Waals surface area contributed by atoms with Crippen LogP contribution in [0.15, 0.2) is 23.6 Å². The van der Waals surface area contributed by atoms with Crippen LogP contribution in [-0.4, -0.2) is 25.0 Å². The second kappa shape index (κ2) is 5.56. The van der Waals surface area contributed by atoms with Crippen LogP contribution in [-0.2, 0) is 6.42 Å². The third-order valence-electron chi connectivity index (χ3n) is 1.88. The number of hydrogen-bond donors (Lipinski definition) is 1. The predicted octanol–water partition coefficient (Wildman–Crippen LogP) is 2.96. The Hall–Kier alpha value is -1.29. The van der Waals surface area contributed by atoms with Gasteiger partial charge in [-0.25, -0.2) is 4.79 Å². The summed E-state index contributed by atoms with van der Waals surface area (Å²) in [6, 6.07) is 1.92. The molecule has 1 rings (SSSR count). The molecule has 0 saturated carbocycles. The largest absolute Gasteiger partial charge is 0.331 e. The second-order valence-corrected chi connectivity index (χ2v) is 4.33. The molecule has 0 aliphatic heterocycles. The molecular weight excluding hydrogens is 208 g/mol. The minimum Gasteiger partial charge on any atom is -0.331 e. The van der Waals surface area contributed by atoms with Crippen LogP contribution in [0, 0.1) is 0 Å². The number of allylic oxidation sites excluding steroid dienone is 2. The third kappa shape index (κ3) is 3.75. The number of hydrogen-bond acceptors (Lipinski definition) is 2. The van der Waals surface area contributed by atoms with Crippen molar-refractivity contribution in [3.05, 3.63) is 29.2 Å². The van der Waals surface area contributed by atoms with Crippen LogP contribution in [0.2, 0.25) is 0 Å². The number of carbonyl (C=O) groups excluding carboxylic acids is 1. The molecule has 15 heavy (non-hydrogen) atoms. The molecule has 4 heteroatoms. The van der Waals surface area contributed by atoms with E-state index in [4.69, 9.17) is 0 Å². The van der Waals surface area contributed by atoms with E-state index in [9.17, 15) is 4.79 Å². The highest BCUT2D eigenvalue weighted by Gasteiger charge is 2.05. The molecule has 1 aromatic heterocycles. The van der Waals surface area contributed by atoms with Crippen molar-refractivity contribution in [3.8, 4) is 0 Å². The first kappa shape index (κ1) is 11.8. The number of nitrogens with one attached hydrogen (secondary N) is 1. The van der Waals surface area contributed by atoms with Crippen molar-refractivity contribution < 1.29 is 4.79 Å². The van der Waals surface area contributed by atoms with Crippen LogP contribution in [0.25, 0.3) is 0 Å². The molecular formula is C11H16N2OS. The van der Waals surface area contributed by atoms with Crippen molar-refractivity contribution >= 4 is 22.4 Å². The molecule has 1 aromatic rings. The molecule has 0 atom stereocenters. The normalized spacial score (nSPS) is 10.6. The minimum absolute atomic E-state index is 0.0885. The van der Waals surface area contributed by atoms with E-state index in [1.165, 1.54) is 10.5 Å². The fourth-order valence-corrected chi connectivity index (χ4v) is 1.83. The van der Waals surface area contributed by atoms with Gasteiger partial charge in [0.2, 0.25) is 0 Å². The van der Waals surface area contributed by atoms with Crippen molar-refractivity contribution in [1.29, 1.82) is 0 Å². The number of amides is 2. The molecule has 0 unspecified atom stereocenters.